The smallest absolute Gasteiger partial charge is 0.236 e. The van der Waals surface area contributed by atoms with E-state index in [4.69, 9.17) is 10.9 Å². The van der Waals surface area contributed by atoms with E-state index in [2.05, 4.69) is 5.16 Å². The molecule has 0 spiro atoms. The van der Waals surface area contributed by atoms with E-state index in [1.807, 2.05) is 13.8 Å². The summed E-state index contributed by atoms with van der Waals surface area (Å²) in [5.74, 6) is -0.116. The molecule has 0 aromatic heterocycles. The molecule has 0 aromatic rings. The van der Waals surface area contributed by atoms with Crippen LogP contribution in [0.1, 0.15) is 46.0 Å². The molecule has 6 nitrogen and oxygen atoms in total. The average molecular weight is 271 g/mol. The quantitative estimate of drug-likeness (QED) is 0.277. The van der Waals surface area contributed by atoms with Gasteiger partial charge in [-0.2, -0.15) is 0 Å². The molecule has 1 rings (SSSR count). The zero-order valence-corrected chi connectivity index (χ0v) is 11.8. The highest BCUT2D eigenvalue weighted by atomic mass is 16.4. The third kappa shape index (κ3) is 2.83. The summed E-state index contributed by atoms with van der Waals surface area (Å²) in [4.78, 5) is 14.4. The zero-order chi connectivity index (χ0) is 14.5. The van der Waals surface area contributed by atoms with E-state index in [1.165, 1.54) is 0 Å². The van der Waals surface area contributed by atoms with Gasteiger partial charge in [-0.3, -0.25) is 4.79 Å². The summed E-state index contributed by atoms with van der Waals surface area (Å²) in [5.41, 5.74) is 4.87. The van der Waals surface area contributed by atoms with E-state index in [9.17, 15) is 9.90 Å². The van der Waals surface area contributed by atoms with Gasteiger partial charge < -0.3 is 20.9 Å². The Morgan fingerprint density at radius 1 is 1.42 bits per heavy atom. The molecule has 0 aliphatic heterocycles. The van der Waals surface area contributed by atoms with Crippen LogP contribution in [0.5, 0.6) is 0 Å². The number of rotatable bonds is 7. The van der Waals surface area contributed by atoms with Gasteiger partial charge in [-0.1, -0.05) is 25.4 Å². The van der Waals surface area contributed by atoms with Crippen LogP contribution in [-0.4, -0.2) is 46.1 Å². The lowest BCUT2D eigenvalue weighted by Crippen LogP contribution is -2.57. The molecule has 1 aliphatic rings. The average Bonchev–Trinajstić information content (AvgIpc) is 2.37. The van der Waals surface area contributed by atoms with Crippen LogP contribution in [0.25, 0.3) is 0 Å². The molecule has 1 fully saturated rings. The lowest BCUT2D eigenvalue weighted by atomic mass is 9.66. The van der Waals surface area contributed by atoms with Crippen molar-refractivity contribution in [3.63, 3.8) is 0 Å². The summed E-state index contributed by atoms with van der Waals surface area (Å²) in [7, 11) is 0. The Bertz CT molecular complexity index is 336. The molecule has 0 atom stereocenters. The Morgan fingerprint density at radius 2 is 2.00 bits per heavy atom. The van der Waals surface area contributed by atoms with E-state index in [1.54, 1.807) is 4.90 Å². The first-order chi connectivity index (χ1) is 9.07. The largest absolute Gasteiger partial charge is 0.409 e. The van der Waals surface area contributed by atoms with Gasteiger partial charge in [-0.05, 0) is 25.7 Å². The normalized spacial score (nSPS) is 18.2. The first-order valence-corrected chi connectivity index (χ1v) is 6.97. The van der Waals surface area contributed by atoms with E-state index in [0.717, 1.165) is 19.3 Å². The monoisotopic (exact) mass is 271 g/mol. The number of aliphatic hydroxyl groups is 1. The number of carbonyl (C=O) groups is 1. The number of amidine groups is 1. The maximum Gasteiger partial charge on any atom is 0.236 e. The van der Waals surface area contributed by atoms with Crippen molar-refractivity contribution in [2.45, 2.75) is 52.0 Å². The summed E-state index contributed by atoms with van der Waals surface area (Å²) in [6.07, 6.45) is 3.79. The Hall–Kier alpha value is -1.30. The lowest BCUT2D eigenvalue weighted by molar-refractivity contribution is -0.145. The molecule has 0 radical (unpaired) electrons. The molecule has 1 amide bonds. The molecule has 0 heterocycles. The molecule has 4 N–H and O–H groups in total. The number of nitrogens with zero attached hydrogens (tertiary/aromatic N) is 2. The number of oxime groups is 1. The Balaban J connectivity index is 2.98. The summed E-state index contributed by atoms with van der Waals surface area (Å²) in [6, 6.07) is 0.0867. The van der Waals surface area contributed by atoms with E-state index < -0.39 is 5.41 Å². The van der Waals surface area contributed by atoms with Crippen LogP contribution in [0.2, 0.25) is 0 Å². The molecule has 0 aromatic carbocycles. The van der Waals surface area contributed by atoms with Crippen LogP contribution in [-0.2, 0) is 4.79 Å². The number of hydrogen-bond donors (Lipinski definition) is 3. The van der Waals surface area contributed by atoms with Crippen molar-refractivity contribution < 1.29 is 15.1 Å². The minimum absolute atomic E-state index is 0.00218. The van der Waals surface area contributed by atoms with Gasteiger partial charge in [0.25, 0.3) is 0 Å². The van der Waals surface area contributed by atoms with Crippen molar-refractivity contribution in [1.29, 1.82) is 0 Å². The van der Waals surface area contributed by atoms with Crippen molar-refractivity contribution in [2.75, 3.05) is 13.2 Å². The van der Waals surface area contributed by atoms with Gasteiger partial charge in [-0.15, -0.1) is 0 Å². The van der Waals surface area contributed by atoms with Crippen LogP contribution in [0.3, 0.4) is 0 Å². The van der Waals surface area contributed by atoms with Crippen LogP contribution in [0, 0.1) is 5.41 Å². The first-order valence-electron chi connectivity index (χ1n) is 6.97. The van der Waals surface area contributed by atoms with Gasteiger partial charge in [-0.25, -0.2) is 0 Å². The minimum Gasteiger partial charge on any atom is -0.409 e. The van der Waals surface area contributed by atoms with Crippen molar-refractivity contribution in [3.05, 3.63) is 0 Å². The van der Waals surface area contributed by atoms with Gasteiger partial charge in [0.15, 0.2) is 5.84 Å². The molecular formula is C13H25N3O3. The van der Waals surface area contributed by atoms with Gasteiger partial charge in [0.05, 0.1) is 6.61 Å². The topological polar surface area (TPSA) is 99.2 Å². The lowest BCUT2D eigenvalue weighted by Gasteiger charge is -2.44. The zero-order valence-electron chi connectivity index (χ0n) is 11.8. The van der Waals surface area contributed by atoms with Crippen LogP contribution < -0.4 is 5.73 Å². The molecule has 1 aliphatic carbocycles. The van der Waals surface area contributed by atoms with Crippen LogP contribution in [0.4, 0.5) is 0 Å². The standard InChI is InChI=1S/C13H25N3O3/c1-3-10(4-2)16(8-9-17)12(18)13(6-5-7-13)11(14)15-19/h10,17,19H,3-9H2,1-2H3,(H2,14,15). The van der Waals surface area contributed by atoms with E-state index in [0.29, 0.717) is 19.4 Å². The second-order valence-corrected chi connectivity index (χ2v) is 5.11. The summed E-state index contributed by atoms with van der Waals surface area (Å²) < 4.78 is 0. The van der Waals surface area contributed by atoms with Gasteiger partial charge in [0, 0.05) is 12.6 Å². The van der Waals surface area contributed by atoms with E-state index in [-0.39, 0.29) is 24.4 Å². The Kier molecular flexibility index (Phi) is 5.60. The van der Waals surface area contributed by atoms with Crippen LogP contribution in [0.15, 0.2) is 5.16 Å². The van der Waals surface area contributed by atoms with Gasteiger partial charge in [0.1, 0.15) is 5.41 Å². The second-order valence-electron chi connectivity index (χ2n) is 5.11. The summed E-state index contributed by atoms with van der Waals surface area (Å²) in [5, 5.41) is 21.1. The molecule has 0 saturated heterocycles. The third-order valence-electron chi connectivity index (χ3n) is 4.20. The van der Waals surface area contributed by atoms with E-state index >= 15 is 0 Å². The molecule has 19 heavy (non-hydrogen) atoms. The Labute approximate surface area is 114 Å². The number of carbonyl (C=O) groups excluding carboxylic acids is 1. The third-order valence-corrected chi connectivity index (χ3v) is 4.20. The second kappa shape index (κ2) is 6.75. The Morgan fingerprint density at radius 3 is 2.32 bits per heavy atom. The fraction of sp³-hybridized carbons (Fsp3) is 0.846. The van der Waals surface area contributed by atoms with Crippen molar-refractivity contribution in [1.82, 2.24) is 4.90 Å². The predicted molar refractivity (Wildman–Crippen MR) is 72.9 cm³/mol. The first kappa shape index (κ1) is 15.8. The summed E-state index contributed by atoms with van der Waals surface area (Å²) >= 11 is 0. The SMILES string of the molecule is CCC(CC)N(CCO)C(=O)C1(C(N)=NO)CCC1. The highest BCUT2D eigenvalue weighted by Gasteiger charge is 2.50. The molecule has 0 unspecified atom stereocenters. The molecule has 1 saturated carbocycles. The number of hydrogen-bond acceptors (Lipinski definition) is 4. The molecule has 6 heteroatoms. The summed E-state index contributed by atoms with van der Waals surface area (Å²) in [6.45, 7) is 4.26. The van der Waals surface area contributed by atoms with Crippen molar-refractivity contribution in [3.8, 4) is 0 Å². The molecule has 110 valence electrons. The maximum atomic E-state index is 12.7. The number of nitrogens with two attached hydrogens (primary N) is 1. The minimum atomic E-state index is -0.855. The number of amides is 1. The predicted octanol–water partition coefficient (Wildman–Crippen LogP) is 0.913. The molecular weight excluding hydrogens is 246 g/mol. The number of aliphatic hydroxyl groups excluding tert-OH is 1. The van der Waals surface area contributed by atoms with Crippen molar-refractivity contribution in [2.24, 2.45) is 16.3 Å². The fourth-order valence-corrected chi connectivity index (χ4v) is 2.77. The van der Waals surface area contributed by atoms with Gasteiger partial charge in [0.2, 0.25) is 5.91 Å². The highest BCUT2D eigenvalue weighted by Crippen LogP contribution is 2.43. The van der Waals surface area contributed by atoms with Crippen molar-refractivity contribution >= 4 is 11.7 Å². The fourth-order valence-electron chi connectivity index (χ4n) is 2.77. The van der Waals surface area contributed by atoms with Crippen LogP contribution >= 0.6 is 0 Å². The molecule has 0 bridgehead atoms. The van der Waals surface area contributed by atoms with Gasteiger partial charge >= 0.3 is 0 Å². The highest BCUT2D eigenvalue weighted by molar-refractivity contribution is 6.07. The maximum absolute atomic E-state index is 12.7.